The largest absolute Gasteiger partial charge is 0.397 e. The first-order valence-corrected chi connectivity index (χ1v) is 6.78. The number of benzene rings is 1. The third-order valence-electron chi connectivity index (χ3n) is 2.38. The lowest BCUT2D eigenvalue weighted by atomic mass is 10.2. The third kappa shape index (κ3) is 3.09. The molecule has 0 fully saturated rings. The van der Waals surface area contributed by atoms with Gasteiger partial charge in [0.1, 0.15) is 0 Å². The second-order valence-corrected chi connectivity index (χ2v) is 6.24. The van der Waals surface area contributed by atoms with Gasteiger partial charge in [0, 0.05) is 7.05 Å². The molecule has 18 heavy (non-hydrogen) atoms. The Bertz CT molecular complexity index is 549. The molecule has 8 heteroatoms. The number of nitrogen functional groups attached to an aromatic ring is 1. The fourth-order valence-corrected chi connectivity index (χ4v) is 3.01. The van der Waals surface area contributed by atoms with Crippen molar-refractivity contribution in [2.24, 2.45) is 0 Å². The Morgan fingerprint density at radius 2 is 2.00 bits per heavy atom. The maximum Gasteiger partial charge on any atom is 0.252 e. The first-order chi connectivity index (χ1) is 8.16. The van der Waals surface area contributed by atoms with Crippen molar-refractivity contribution in [1.82, 2.24) is 4.31 Å². The minimum atomic E-state index is -3.99. The molecule has 0 radical (unpaired) electrons. The van der Waals surface area contributed by atoms with Crippen LogP contribution in [-0.4, -0.2) is 32.7 Å². The van der Waals surface area contributed by atoms with E-state index in [2.05, 4.69) is 0 Å². The number of nitrogens with zero attached hydrogens (tertiary/aromatic N) is 1. The molecule has 0 saturated carbocycles. The van der Waals surface area contributed by atoms with Crippen LogP contribution < -0.4 is 5.73 Å². The van der Waals surface area contributed by atoms with Crippen LogP contribution >= 0.6 is 11.6 Å². The molecule has 4 nitrogen and oxygen atoms in total. The van der Waals surface area contributed by atoms with Gasteiger partial charge in [0.15, 0.2) is 0 Å². The van der Waals surface area contributed by atoms with Gasteiger partial charge in [-0.25, -0.2) is 17.2 Å². The van der Waals surface area contributed by atoms with E-state index in [9.17, 15) is 17.2 Å². The van der Waals surface area contributed by atoms with Crippen molar-refractivity contribution < 1.29 is 17.2 Å². The monoisotopic (exact) mass is 298 g/mol. The normalized spacial score (nSPS) is 12.4. The van der Waals surface area contributed by atoms with E-state index in [0.717, 1.165) is 7.05 Å². The van der Waals surface area contributed by atoms with Gasteiger partial charge in [-0.1, -0.05) is 11.6 Å². The fourth-order valence-electron chi connectivity index (χ4n) is 1.41. The SMILES string of the molecule is Cc1cc(Cl)c(N)cc1S(=O)(=O)N(C)CC(F)F. The van der Waals surface area contributed by atoms with E-state index in [4.69, 9.17) is 17.3 Å². The van der Waals surface area contributed by atoms with Crippen LogP contribution in [0.15, 0.2) is 17.0 Å². The van der Waals surface area contributed by atoms with Gasteiger partial charge in [-0.15, -0.1) is 0 Å². The molecule has 1 aromatic carbocycles. The quantitative estimate of drug-likeness (QED) is 0.866. The average Bonchev–Trinajstić information content (AvgIpc) is 2.22. The van der Waals surface area contributed by atoms with Crippen molar-refractivity contribution >= 4 is 27.3 Å². The highest BCUT2D eigenvalue weighted by Crippen LogP contribution is 2.27. The number of alkyl halides is 2. The van der Waals surface area contributed by atoms with Crippen LogP contribution in [0.2, 0.25) is 5.02 Å². The fraction of sp³-hybridized carbons (Fsp3) is 0.400. The Kier molecular flexibility index (Phi) is 4.52. The summed E-state index contributed by atoms with van der Waals surface area (Å²) in [6, 6.07) is 2.56. The van der Waals surface area contributed by atoms with E-state index in [-0.39, 0.29) is 15.6 Å². The first kappa shape index (κ1) is 15.1. The maximum absolute atomic E-state index is 12.2. The Hall–Kier alpha value is -0.920. The highest BCUT2D eigenvalue weighted by molar-refractivity contribution is 7.89. The molecule has 0 spiro atoms. The van der Waals surface area contributed by atoms with Crippen LogP contribution in [0.25, 0.3) is 0 Å². The molecular formula is C10H13ClF2N2O2S. The standard InChI is InChI=1S/C10H13ClF2N2O2S/c1-6-3-7(11)8(14)4-9(6)18(16,17)15(2)5-10(12)13/h3-4,10H,5,14H2,1-2H3. The van der Waals surface area contributed by atoms with Gasteiger partial charge in [-0.3, -0.25) is 0 Å². The molecule has 0 amide bonds. The van der Waals surface area contributed by atoms with Crippen LogP contribution in [0.3, 0.4) is 0 Å². The highest BCUT2D eigenvalue weighted by atomic mass is 35.5. The van der Waals surface area contributed by atoms with Crippen molar-refractivity contribution in [3.05, 3.63) is 22.7 Å². The first-order valence-electron chi connectivity index (χ1n) is 4.96. The van der Waals surface area contributed by atoms with Crippen molar-refractivity contribution in [1.29, 1.82) is 0 Å². The number of hydrogen-bond donors (Lipinski definition) is 1. The molecule has 1 aromatic rings. The van der Waals surface area contributed by atoms with Crippen LogP contribution in [0.1, 0.15) is 5.56 Å². The average molecular weight is 299 g/mol. The second-order valence-electron chi connectivity index (χ2n) is 3.82. The summed E-state index contributed by atoms with van der Waals surface area (Å²) >= 11 is 5.75. The number of anilines is 1. The zero-order chi connectivity index (χ0) is 14.1. The van der Waals surface area contributed by atoms with E-state index in [1.165, 1.54) is 19.1 Å². The molecule has 102 valence electrons. The summed E-state index contributed by atoms with van der Waals surface area (Å²) in [4.78, 5) is -0.118. The molecule has 0 aliphatic rings. The van der Waals surface area contributed by atoms with E-state index in [1.807, 2.05) is 0 Å². The Morgan fingerprint density at radius 3 is 2.50 bits per heavy atom. The molecule has 2 N–H and O–H groups in total. The van der Waals surface area contributed by atoms with Gasteiger partial charge in [0.2, 0.25) is 10.0 Å². The second kappa shape index (κ2) is 5.38. The van der Waals surface area contributed by atoms with Gasteiger partial charge in [0.25, 0.3) is 6.43 Å². The predicted octanol–water partition coefficient (Wildman–Crippen LogP) is 2.12. The summed E-state index contributed by atoms with van der Waals surface area (Å²) in [5, 5.41) is 0.225. The van der Waals surface area contributed by atoms with Crippen molar-refractivity contribution in [3.63, 3.8) is 0 Å². The van der Waals surface area contributed by atoms with E-state index in [1.54, 1.807) is 0 Å². The Balaban J connectivity index is 3.24. The van der Waals surface area contributed by atoms with Gasteiger partial charge in [0.05, 0.1) is 22.2 Å². The molecule has 0 saturated heterocycles. The number of halogens is 3. The summed E-state index contributed by atoms with van der Waals surface area (Å²) < 4.78 is 49.1. The predicted molar refractivity (Wildman–Crippen MR) is 66.4 cm³/mol. The lowest BCUT2D eigenvalue weighted by Gasteiger charge is -2.18. The van der Waals surface area contributed by atoms with Crippen LogP contribution in [0.4, 0.5) is 14.5 Å². The molecular weight excluding hydrogens is 286 g/mol. The zero-order valence-corrected chi connectivity index (χ0v) is 11.4. The third-order valence-corrected chi connectivity index (χ3v) is 4.67. The van der Waals surface area contributed by atoms with Crippen LogP contribution in [0.5, 0.6) is 0 Å². The van der Waals surface area contributed by atoms with E-state index in [0.29, 0.717) is 9.87 Å². The summed E-state index contributed by atoms with van der Waals surface area (Å²) in [5.41, 5.74) is 5.97. The molecule has 0 heterocycles. The van der Waals surface area contributed by atoms with Crippen molar-refractivity contribution in [3.8, 4) is 0 Å². The van der Waals surface area contributed by atoms with Crippen LogP contribution in [-0.2, 0) is 10.0 Å². The van der Waals surface area contributed by atoms with Gasteiger partial charge in [-0.05, 0) is 24.6 Å². The molecule has 0 aliphatic carbocycles. The number of hydrogen-bond acceptors (Lipinski definition) is 3. The summed E-state index contributed by atoms with van der Waals surface area (Å²) in [6.45, 7) is 0.652. The number of aryl methyl sites for hydroxylation is 1. The summed E-state index contributed by atoms with van der Waals surface area (Å²) in [7, 11) is -2.90. The molecule has 1 rings (SSSR count). The van der Waals surface area contributed by atoms with Crippen molar-refractivity contribution in [2.75, 3.05) is 19.3 Å². The molecule has 0 bridgehead atoms. The summed E-state index contributed by atoms with van der Waals surface area (Å²) in [5.74, 6) is 0. The molecule has 0 aromatic heterocycles. The minimum Gasteiger partial charge on any atom is -0.397 e. The smallest absolute Gasteiger partial charge is 0.252 e. The highest BCUT2D eigenvalue weighted by Gasteiger charge is 2.25. The topological polar surface area (TPSA) is 63.4 Å². The number of rotatable bonds is 4. The van der Waals surface area contributed by atoms with Gasteiger partial charge < -0.3 is 5.73 Å². The van der Waals surface area contributed by atoms with Gasteiger partial charge >= 0.3 is 0 Å². The lowest BCUT2D eigenvalue weighted by molar-refractivity contribution is 0.126. The number of sulfonamides is 1. The van der Waals surface area contributed by atoms with E-state index < -0.39 is 23.0 Å². The molecule has 0 unspecified atom stereocenters. The molecule has 0 aliphatic heterocycles. The minimum absolute atomic E-state index is 0.0892. The lowest BCUT2D eigenvalue weighted by Crippen LogP contribution is -2.31. The van der Waals surface area contributed by atoms with Gasteiger partial charge in [-0.2, -0.15) is 4.31 Å². The zero-order valence-electron chi connectivity index (χ0n) is 9.82. The van der Waals surface area contributed by atoms with Crippen LogP contribution in [0, 0.1) is 6.92 Å². The number of nitrogens with two attached hydrogens (primary N) is 1. The van der Waals surface area contributed by atoms with E-state index >= 15 is 0 Å². The van der Waals surface area contributed by atoms with Crippen molar-refractivity contribution in [2.45, 2.75) is 18.2 Å². The Labute approximate surface area is 109 Å². The Morgan fingerprint density at radius 1 is 1.44 bits per heavy atom. The molecule has 0 atom stereocenters. The maximum atomic E-state index is 12.2. The summed E-state index contributed by atoms with van der Waals surface area (Å²) in [6.07, 6.45) is -2.74.